The molecule has 8 nitrogen and oxygen atoms in total. The molecule has 8 heteroatoms. The summed E-state index contributed by atoms with van der Waals surface area (Å²) in [5.41, 5.74) is 3.62. The molecule has 5 rings (SSSR count). The molecular weight excluding hydrogens is 442 g/mol. The smallest absolute Gasteiger partial charge is 0.322 e. The van der Waals surface area contributed by atoms with Gasteiger partial charge in [-0.05, 0) is 67.5 Å². The number of imide groups is 1. The monoisotopic (exact) mass is 471 g/mol. The van der Waals surface area contributed by atoms with Crippen molar-refractivity contribution in [2.24, 2.45) is 0 Å². The molecule has 0 radical (unpaired) electrons. The molecule has 0 bridgehead atoms. The van der Waals surface area contributed by atoms with Gasteiger partial charge in [0.25, 0.3) is 11.8 Å². The summed E-state index contributed by atoms with van der Waals surface area (Å²) in [7, 11) is 0. The molecule has 0 unspecified atom stereocenters. The Balaban J connectivity index is 1.22. The van der Waals surface area contributed by atoms with E-state index in [0.29, 0.717) is 36.6 Å². The minimum atomic E-state index is -1.08. The predicted octanol–water partition coefficient (Wildman–Crippen LogP) is 3.65. The number of rotatable bonds is 5. The molecule has 2 aliphatic rings. The Morgan fingerprint density at radius 2 is 1.74 bits per heavy atom. The second-order valence-corrected chi connectivity index (χ2v) is 9.36. The number of urea groups is 1. The fraction of sp³-hybridized carbons (Fsp3) is 0.333. The Hall–Kier alpha value is -3.94. The highest BCUT2D eigenvalue weighted by Gasteiger charge is 2.46. The summed E-state index contributed by atoms with van der Waals surface area (Å²) in [6.45, 7) is 5.27. The summed E-state index contributed by atoms with van der Waals surface area (Å²) >= 11 is 0. The highest BCUT2D eigenvalue weighted by Crippen LogP contribution is 2.31. The van der Waals surface area contributed by atoms with E-state index >= 15 is 0 Å². The largest absolute Gasteiger partial charge is 0.339 e. The minimum absolute atomic E-state index is 0.0178. The van der Waals surface area contributed by atoms with Gasteiger partial charge in [-0.25, -0.2) is 9.48 Å². The number of aromatic nitrogens is 2. The summed E-state index contributed by atoms with van der Waals surface area (Å²) in [5, 5.41) is 9.57. The van der Waals surface area contributed by atoms with E-state index in [1.807, 2.05) is 22.7 Å². The van der Waals surface area contributed by atoms with Crippen LogP contribution in [-0.4, -0.2) is 45.6 Å². The Labute approximate surface area is 204 Å². The maximum Gasteiger partial charge on any atom is 0.322 e. The van der Waals surface area contributed by atoms with Crippen LogP contribution in [0.15, 0.2) is 60.9 Å². The molecule has 2 aromatic carbocycles. The maximum atomic E-state index is 13.1. The van der Waals surface area contributed by atoms with Gasteiger partial charge in [0.05, 0.1) is 11.9 Å². The van der Waals surface area contributed by atoms with Crippen molar-refractivity contribution in [1.82, 2.24) is 25.3 Å². The van der Waals surface area contributed by atoms with Gasteiger partial charge in [0.2, 0.25) is 0 Å². The van der Waals surface area contributed by atoms with Gasteiger partial charge in [0.1, 0.15) is 5.54 Å². The number of aryl methyl sites for hydroxylation is 1. The van der Waals surface area contributed by atoms with Gasteiger partial charge in [0.15, 0.2) is 0 Å². The maximum absolute atomic E-state index is 13.1. The topological polar surface area (TPSA) is 96.3 Å². The van der Waals surface area contributed by atoms with Crippen LogP contribution in [-0.2, 0) is 10.3 Å². The van der Waals surface area contributed by atoms with E-state index in [4.69, 9.17) is 0 Å². The van der Waals surface area contributed by atoms with Gasteiger partial charge in [-0.1, -0.05) is 36.8 Å². The molecule has 35 heavy (non-hydrogen) atoms. The number of hydrogen-bond acceptors (Lipinski definition) is 4. The lowest BCUT2D eigenvalue weighted by molar-refractivity contribution is -0.124. The average molecular weight is 472 g/mol. The number of carbonyl (C=O) groups excluding carboxylic acids is 3. The van der Waals surface area contributed by atoms with Crippen molar-refractivity contribution in [1.29, 1.82) is 0 Å². The molecule has 1 aromatic heterocycles. The van der Waals surface area contributed by atoms with Crippen LogP contribution >= 0.6 is 0 Å². The van der Waals surface area contributed by atoms with Crippen LogP contribution in [0.25, 0.3) is 5.69 Å². The van der Waals surface area contributed by atoms with E-state index in [0.717, 1.165) is 18.5 Å². The van der Waals surface area contributed by atoms with Gasteiger partial charge >= 0.3 is 6.03 Å². The van der Waals surface area contributed by atoms with Crippen molar-refractivity contribution < 1.29 is 14.4 Å². The van der Waals surface area contributed by atoms with E-state index in [2.05, 4.69) is 53.1 Å². The minimum Gasteiger partial charge on any atom is -0.339 e. The summed E-state index contributed by atoms with van der Waals surface area (Å²) in [6.07, 6.45) is 6.21. The SMILES string of the molecule is CC[C@]1(c2ccc(C(=O)N3CCC(c4cnn(-c5ccc(C)cc5)c4)CC3)cc2)NC(=O)NC1=O. The fourth-order valence-corrected chi connectivity index (χ4v) is 5.03. The first-order chi connectivity index (χ1) is 16.9. The van der Waals surface area contributed by atoms with Gasteiger partial charge in [-0.2, -0.15) is 5.10 Å². The lowest BCUT2D eigenvalue weighted by Crippen LogP contribution is -2.43. The first kappa shape index (κ1) is 22.8. The molecule has 0 saturated carbocycles. The number of amides is 4. The van der Waals surface area contributed by atoms with Gasteiger partial charge in [-0.15, -0.1) is 0 Å². The van der Waals surface area contributed by atoms with Crippen LogP contribution < -0.4 is 10.6 Å². The zero-order chi connectivity index (χ0) is 24.6. The van der Waals surface area contributed by atoms with E-state index < -0.39 is 11.6 Å². The number of nitrogens with one attached hydrogen (secondary N) is 2. The zero-order valence-corrected chi connectivity index (χ0v) is 20.0. The van der Waals surface area contributed by atoms with Crippen LogP contribution in [0.3, 0.4) is 0 Å². The standard InChI is InChI=1S/C27H29N5O3/c1-3-27(25(34)29-26(35)30-27)22-8-6-20(7-9-22)24(33)31-14-12-19(13-15-31)21-16-28-32(17-21)23-10-4-18(2)5-11-23/h4-11,16-17,19H,3,12-15H2,1-2H3,(H2,29,30,34,35)/t27-/m1/s1. The number of carbonyl (C=O) groups is 3. The molecule has 0 aliphatic carbocycles. The number of likely N-dealkylation sites (tertiary alicyclic amines) is 1. The summed E-state index contributed by atoms with van der Waals surface area (Å²) in [5.74, 6) is -0.0119. The number of nitrogens with zero attached hydrogens (tertiary/aromatic N) is 3. The first-order valence-corrected chi connectivity index (χ1v) is 12.0. The van der Waals surface area contributed by atoms with E-state index in [9.17, 15) is 14.4 Å². The summed E-state index contributed by atoms with van der Waals surface area (Å²) in [4.78, 5) is 39.1. The number of benzene rings is 2. The predicted molar refractivity (Wildman–Crippen MR) is 131 cm³/mol. The van der Waals surface area contributed by atoms with Crippen molar-refractivity contribution in [3.05, 3.63) is 83.2 Å². The molecule has 0 spiro atoms. The van der Waals surface area contributed by atoms with Crippen molar-refractivity contribution in [2.75, 3.05) is 13.1 Å². The molecule has 3 heterocycles. The van der Waals surface area contributed by atoms with Gasteiger partial charge in [0, 0.05) is 24.8 Å². The Morgan fingerprint density at radius 3 is 2.34 bits per heavy atom. The van der Waals surface area contributed by atoms with Crippen LogP contribution in [0.2, 0.25) is 0 Å². The highest BCUT2D eigenvalue weighted by molar-refractivity contribution is 6.07. The van der Waals surface area contributed by atoms with Crippen LogP contribution in [0.1, 0.15) is 59.2 Å². The van der Waals surface area contributed by atoms with E-state index in [1.165, 1.54) is 11.1 Å². The molecule has 3 aromatic rings. The third-order valence-corrected chi connectivity index (χ3v) is 7.25. The van der Waals surface area contributed by atoms with E-state index in [1.54, 1.807) is 24.3 Å². The molecule has 1 atom stereocenters. The summed E-state index contributed by atoms with van der Waals surface area (Å²) < 4.78 is 1.91. The molecule has 2 N–H and O–H groups in total. The highest BCUT2D eigenvalue weighted by atomic mass is 16.2. The molecule has 4 amide bonds. The van der Waals surface area contributed by atoms with Crippen LogP contribution in [0.4, 0.5) is 4.79 Å². The summed E-state index contributed by atoms with van der Waals surface area (Å²) in [6, 6.07) is 14.8. The van der Waals surface area contributed by atoms with Crippen molar-refractivity contribution >= 4 is 17.8 Å². The lowest BCUT2D eigenvalue weighted by atomic mass is 9.86. The lowest BCUT2D eigenvalue weighted by Gasteiger charge is -2.32. The second-order valence-electron chi connectivity index (χ2n) is 9.36. The van der Waals surface area contributed by atoms with Gasteiger partial charge in [-0.3, -0.25) is 14.9 Å². The third kappa shape index (κ3) is 4.20. The molecule has 180 valence electrons. The van der Waals surface area contributed by atoms with Crippen molar-refractivity contribution in [2.45, 2.75) is 44.6 Å². The van der Waals surface area contributed by atoms with Crippen LogP contribution in [0, 0.1) is 6.92 Å². The molecule has 2 aliphatic heterocycles. The van der Waals surface area contributed by atoms with Gasteiger partial charge < -0.3 is 10.2 Å². The first-order valence-electron chi connectivity index (χ1n) is 12.0. The molecule has 2 fully saturated rings. The Kier molecular flexibility index (Phi) is 5.88. The quantitative estimate of drug-likeness (QED) is 0.555. The number of hydrogen-bond donors (Lipinski definition) is 2. The average Bonchev–Trinajstić information content (AvgIpc) is 3.49. The molecule has 2 saturated heterocycles. The second kappa shape index (κ2) is 9.02. The Morgan fingerprint density at radius 1 is 1.06 bits per heavy atom. The van der Waals surface area contributed by atoms with Crippen LogP contribution in [0.5, 0.6) is 0 Å². The Bertz CT molecular complexity index is 1260. The zero-order valence-electron chi connectivity index (χ0n) is 20.0. The van der Waals surface area contributed by atoms with Crippen molar-refractivity contribution in [3.63, 3.8) is 0 Å². The normalized spacial score (nSPS) is 20.6. The number of piperidine rings is 1. The van der Waals surface area contributed by atoms with E-state index in [-0.39, 0.29) is 11.8 Å². The third-order valence-electron chi connectivity index (χ3n) is 7.25. The fourth-order valence-electron chi connectivity index (χ4n) is 5.03. The van der Waals surface area contributed by atoms with Crippen molar-refractivity contribution in [3.8, 4) is 5.69 Å². The molecular formula is C27H29N5O3.